The van der Waals surface area contributed by atoms with Crippen LogP contribution in [0, 0.1) is 19.7 Å². The fraction of sp³-hybridized carbons (Fsp3) is 0.156. The van der Waals surface area contributed by atoms with E-state index in [-0.39, 0.29) is 11.8 Å². The summed E-state index contributed by atoms with van der Waals surface area (Å²) in [5.41, 5.74) is 5.88. The van der Waals surface area contributed by atoms with Crippen molar-refractivity contribution >= 4 is 23.5 Å². The average Bonchev–Trinajstić information content (AvgIpc) is 3.38. The lowest BCUT2D eigenvalue weighted by atomic mass is 10.1. The number of rotatable bonds is 9. The Hall–Kier alpha value is -4.43. The SMILES string of the molecule is Cc1ccc(NC(=O)NC(Cc2ccccc2)c2nnc(SCc3ccc(F)cc3)n2-c2ccc(C)cc2)cc1. The van der Waals surface area contributed by atoms with E-state index < -0.39 is 6.04 Å². The molecule has 0 aliphatic heterocycles. The molecule has 0 bridgehead atoms. The molecule has 4 aromatic carbocycles. The lowest BCUT2D eigenvalue weighted by molar-refractivity contribution is 0.247. The number of aryl methyl sites for hydroxylation is 2. The van der Waals surface area contributed by atoms with E-state index in [9.17, 15) is 9.18 Å². The average molecular weight is 552 g/mol. The van der Waals surface area contributed by atoms with Crippen LogP contribution in [0.1, 0.15) is 34.1 Å². The largest absolute Gasteiger partial charge is 0.327 e. The minimum atomic E-state index is -0.471. The number of aromatic nitrogens is 3. The zero-order chi connectivity index (χ0) is 27.9. The molecule has 5 aromatic rings. The Morgan fingerprint density at radius 1 is 0.825 bits per heavy atom. The Balaban J connectivity index is 1.48. The number of nitrogens with zero attached hydrogens (tertiary/aromatic N) is 3. The number of carbonyl (C=O) groups is 1. The van der Waals surface area contributed by atoms with Gasteiger partial charge in [-0.15, -0.1) is 10.2 Å². The molecule has 0 saturated carbocycles. The lowest BCUT2D eigenvalue weighted by Crippen LogP contribution is -2.35. The maximum absolute atomic E-state index is 13.4. The summed E-state index contributed by atoms with van der Waals surface area (Å²) < 4.78 is 15.4. The maximum atomic E-state index is 13.4. The smallest absolute Gasteiger partial charge is 0.319 e. The third-order valence-electron chi connectivity index (χ3n) is 6.44. The summed E-state index contributed by atoms with van der Waals surface area (Å²) in [5.74, 6) is 0.945. The summed E-state index contributed by atoms with van der Waals surface area (Å²) in [5, 5.41) is 15.9. The van der Waals surface area contributed by atoms with Crippen LogP contribution >= 0.6 is 11.8 Å². The topological polar surface area (TPSA) is 71.8 Å². The summed E-state index contributed by atoms with van der Waals surface area (Å²) >= 11 is 1.51. The minimum absolute atomic E-state index is 0.266. The van der Waals surface area contributed by atoms with Gasteiger partial charge in [0.15, 0.2) is 11.0 Å². The molecule has 0 aliphatic carbocycles. The summed E-state index contributed by atoms with van der Waals surface area (Å²) in [6.45, 7) is 4.04. The predicted octanol–water partition coefficient (Wildman–Crippen LogP) is 7.42. The van der Waals surface area contributed by atoms with E-state index in [1.807, 2.05) is 97.3 Å². The number of urea groups is 1. The summed E-state index contributed by atoms with van der Waals surface area (Å²) in [7, 11) is 0. The van der Waals surface area contributed by atoms with Crippen molar-refractivity contribution in [3.63, 3.8) is 0 Å². The maximum Gasteiger partial charge on any atom is 0.319 e. The van der Waals surface area contributed by atoms with Crippen LogP contribution in [0.15, 0.2) is 108 Å². The van der Waals surface area contributed by atoms with Crippen molar-refractivity contribution in [2.24, 2.45) is 0 Å². The quantitative estimate of drug-likeness (QED) is 0.187. The van der Waals surface area contributed by atoms with Crippen LogP contribution in [-0.4, -0.2) is 20.8 Å². The number of benzene rings is 4. The van der Waals surface area contributed by atoms with Gasteiger partial charge in [0.2, 0.25) is 0 Å². The van der Waals surface area contributed by atoms with Crippen LogP contribution in [0.4, 0.5) is 14.9 Å². The number of carbonyl (C=O) groups excluding carboxylic acids is 1. The molecule has 0 spiro atoms. The number of anilines is 1. The van der Waals surface area contributed by atoms with Crippen LogP contribution in [-0.2, 0) is 12.2 Å². The monoisotopic (exact) mass is 551 g/mol. The van der Waals surface area contributed by atoms with Crippen LogP contribution in [0.25, 0.3) is 5.69 Å². The highest BCUT2D eigenvalue weighted by Crippen LogP contribution is 2.29. The zero-order valence-corrected chi connectivity index (χ0v) is 23.2. The highest BCUT2D eigenvalue weighted by atomic mass is 32.2. The molecule has 0 fully saturated rings. The third-order valence-corrected chi connectivity index (χ3v) is 7.44. The fourth-order valence-electron chi connectivity index (χ4n) is 4.28. The Morgan fingerprint density at radius 2 is 1.48 bits per heavy atom. The van der Waals surface area contributed by atoms with E-state index >= 15 is 0 Å². The molecule has 40 heavy (non-hydrogen) atoms. The highest BCUT2D eigenvalue weighted by molar-refractivity contribution is 7.98. The molecule has 1 atom stereocenters. The van der Waals surface area contributed by atoms with Crippen molar-refractivity contribution in [1.82, 2.24) is 20.1 Å². The van der Waals surface area contributed by atoms with Gasteiger partial charge in [0.25, 0.3) is 0 Å². The van der Waals surface area contributed by atoms with E-state index in [1.165, 1.54) is 23.9 Å². The Morgan fingerprint density at radius 3 is 2.15 bits per heavy atom. The van der Waals surface area contributed by atoms with Gasteiger partial charge in [-0.1, -0.05) is 89.6 Å². The standard InChI is InChI=1S/C32H30FN5OS/c1-22-8-16-27(17-9-22)34-31(39)35-29(20-24-6-4-3-5-7-24)30-36-37-32(38(30)28-18-10-23(2)11-19-28)40-21-25-12-14-26(33)15-13-25/h3-19,29H,20-21H2,1-2H3,(H2,34,35,39). The van der Waals surface area contributed by atoms with E-state index in [4.69, 9.17) is 0 Å². The van der Waals surface area contributed by atoms with E-state index in [0.29, 0.717) is 28.8 Å². The van der Waals surface area contributed by atoms with E-state index in [0.717, 1.165) is 27.9 Å². The van der Waals surface area contributed by atoms with Gasteiger partial charge in [-0.2, -0.15) is 0 Å². The minimum Gasteiger partial charge on any atom is -0.327 e. The molecule has 0 aliphatic rings. The molecule has 5 rings (SSSR count). The fourth-order valence-corrected chi connectivity index (χ4v) is 5.20. The van der Waals surface area contributed by atoms with Crippen LogP contribution < -0.4 is 10.6 Å². The van der Waals surface area contributed by atoms with Gasteiger partial charge in [0.1, 0.15) is 5.82 Å². The second kappa shape index (κ2) is 12.6. The van der Waals surface area contributed by atoms with Gasteiger partial charge >= 0.3 is 6.03 Å². The molecule has 1 aromatic heterocycles. The Bertz CT molecular complexity index is 1550. The van der Waals surface area contributed by atoms with Crippen molar-refractivity contribution in [3.05, 3.63) is 137 Å². The first-order chi connectivity index (χ1) is 19.4. The van der Waals surface area contributed by atoms with Crippen LogP contribution in [0.5, 0.6) is 0 Å². The summed E-state index contributed by atoms with van der Waals surface area (Å²) in [6, 6.07) is 31.4. The molecule has 1 unspecified atom stereocenters. The molecular weight excluding hydrogens is 521 g/mol. The second-order valence-corrected chi connectivity index (χ2v) is 10.6. The second-order valence-electron chi connectivity index (χ2n) is 9.63. The molecule has 2 N–H and O–H groups in total. The molecular formula is C32H30FN5OS. The zero-order valence-electron chi connectivity index (χ0n) is 22.3. The summed E-state index contributed by atoms with van der Waals surface area (Å²) in [6.07, 6.45) is 0.523. The van der Waals surface area contributed by atoms with Crippen molar-refractivity contribution in [2.75, 3.05) is 5.32 Å². The first-order valence-corrected chi connectivity index (χ1v) is 14.0. The number of hydrogen-bond donors (Lipinski definition) is 2. The van der Waals surface area contributed by atoms with Gasteiger partial charge in [0, 0.05) is 23.5 Å². The van der Waals surface area contributed by atoms with Crippen LogP contribution in [0.2, 0.25) is 0 Å². The molecule has 0 radical (unpaired) electrons. The number of amides is 2. The lowest BCUT2D eigenvalue weighted by Gasteiger charge is -2.21. The van der Waals surface area contributed by atoms with Crippen molar-refractivity contribution in [2.45, 2.75) is 37.2 Å². The number of nitrogens with one attached hydrogen (secondary N) is 2. The number of halogens is 1. The Kier molecular flexibility index (Phi) is 8.56. The summed E-state index contributed by atoms with van der Waals surface area (Å²) in [4.78, 5) is 13.2. The first-order valence-electron chi connectivity index (χ1n) is 13.0. The number of hydrogen-bond acceptors (Lipinski definition) is 4. The normalized spacial score (nSPS) is 11.7. The van der Waals surface area contributed by atoms with Gasteiger partial charge in [0.05, 0.1) is 6.04 Å². The molecule has 8 heteroatoms. The Labute approximate surface area is 237 Å². The number of thioether (sulfide) groups is 1. The molecule has 1 heterocycles. The molecule has 6 nitrogen and oxygen atoms in total. The predicted molar refractivity (Wildman–Crippen MR) is 158 cm³/mol. The van der Waals surface area contributed by atoms with Gasteiger partial charge in [-0.25, -0.2) is 9.18 Å². The van der Waals surface area contributed by atoms with Gasteiger partial charge < -0.3 is 10.6 Å². The third kappa shape index (κ3) is 6.95. The van der Waals surface area contributed by atoms with E-state index in [1.54, 1.807) is 12.1 Å². The van der Waals surface area contributed by atoms with E-state index in [2.05, 4.69) is 20.8 Å². The molecule has 2 amide bonds. The molecule has 202 valence electrons. The molecule has 0 saturated heterocycles. The van der Waals surface area contributed by atoms with Crippen molar-refractivity contribution in [3.8, 4) is 5.69 Å². The highest BCUT2D eigenvalue weighted by Gasteiger charge is 2.25. The van der Waals surface area contributed by atoms with Gasteiger partial charge in [-0.3, -0.25) is 4.57 Å². The van der Waals surface area contributed by atoms with Crippen LogP contribution in [0.3, 0.4) is 0 Å². The van der Waals surface area contributed by atoms with Crippen molar-refractivity contribution < 1.29 is 9.18 Å². The first kappa shape index (κ1) is 27.1. The van der Waals surface area contributed by atoms with Crippen molar-refractivity contribution in [1.29, 1.82) is 0 Å². The van der Waals surface area contributed by atoms with Gasteiger partial charge in [-0.05, 0) is 61.4 Å².